The second-order valence-corrected chi connectivity index (χ2v) is 12.2. The van der Waals surface area contributed by atoms with Gasteiger partial charge in [0.2, 0.25) is 5.95 Å². The van der Waals surface area contributed by atoms with E-state index < -0.39 is 32.9 Å². The van der Waals surface area contributed by atoms with Gasteiger partial charge in [0.15, 0.2) is 15.0 Å². The Balaban J connectivity index is 1.39. The Labute approximate surface area is 238 Å². The lowest BCUT2D eigenvalue weighted by Gasteiger charge is -2.10. The molecule has 0 bridgehead atoms. The fourth-order valence-corrected chi connectivity index (χ4v) is 5.64. The van der Waals surface area contributed by atoms with Crippen LogP contribution in [-0.2, 0) is 15.6 Å². The molecule has 0 atom stereocenters. The summed E-state index contributed by atoms with van der Waals surface area (Å²) >= 11 is 1.21. The van der Waals surface area contributed by atoms with Crippen LogP contribution in [0, 0.1) is 11.6 Å². The molecule has 4 N–H and O–H groups in total. The highest BCUT2D eigenvalue weighted by Gasteiger charge is 2.19. The van der Waals surface area contributed by atoms with Gasteiger partial charge in [-0.25, -0.2) is 32.2 Å². The molecular formula is C28H22F2N6O3S2. The topological polar surface area (TPSA) is 140 Å². The van der Waals surface area contributed by atoms with Crippen LogP contribution in [0.25, 0.3) is 21.8 Å². The summed E-state index contributed by atoms with van der Waals surface area (Å²) < 4.78 is 51.2. The van der Waals surface area contributed by atoms with E-state index in [1.807, 2.05) is 0 Å². The van der Waals surface area contributed by atoms with Crippen molar-refractivity contribution in [1.29, 1.82) is 0 Å². The number of nitrogens with one attached hydrogen (secondary N) is 2. The van der Waals surface area contributed by atoms with E-state index in [1.165, 1.54) is 23.7 Å². The number of aromatic nitrogens is 3. The van der Waals surface area contributed by atoms with Gasteiger partial charge in [-0.3, -0.25) is 4.79 Å². The van der Waals surface area contributed by atoms with Crippen molar-refractivity contribution in [3.8, 4) is 21.8 Å². The number of amides is 1. The van der Waals surface area contributed by atoms with Crippen LogP contribution in [0.15, 0.2) is 79.0 Å². The molecule has 2 aromatic heterocycles. The molecule has 5 rings (SSSR count). The molecule has 0 aliphatic carbocycles. The number of thiazole rings is 1. The highest BCUT2D eigenvalue weighted by atomic mass is 32.2. The van der Waals surface area contributed by atoms with Crippen LogP contribution in [0.4, 0.5) is 31.2 Å². The summed E-state index contributed by atoms with van der Waals surface area (Å²) in [5, 5.41) is 5.91. The van der Waals surface area contributed by atoms with Crippen LogP contribution >= 0.6 is 11.3 Å². The number of nitrogens with zero attached hydrogens (tertiary/aromatic N) is 3. The Morgan fingerprint density at radius 1 is 0.951 bits per heavy atom. The first-order valence-electron chi connectivity index (χ1n) is 12.0. The second-order valence-electron chi connectivity index (χ2n) is 9.02. The number of benzene rings is 3. The Morgan fingerprint density at radius 2 is 1.66 bits per heavy atom. The maximum absolute atomic E-state index is 14.1. The number of hydrogen-bond acceptors (Lipinski definition) is 9. The van der Waals surface area contributed by atoms with Crippen molar-refractivity contribution in [3.63, 3.8) is 0 Å². The van der Waals surface area contributed by atoms with Crippen molar-refractivity contribution >= 4 is 49.5 Å². The summed E-state index contributed by atoms with van der Waals surface area (Å²) in [5.74, 6) is -2.62. The van der Waals surface area contributed by atoms with Gasteiger partial charge < -0.3 is 16.4 Å². The lowest BCUT2D eigenvalue weighted by Crippen LogP contribution is -2.15. The number of halogens is 2. The number of nitrogens with two attached hydrogens (primary N) is 1. The predicted molar refractivity (Wildman–Crippen MR) is 156 cm³/mol. The zero-order valence-electron chi connectivity index (χ0n) is 21.4. The Hall–Kier alpha value is -4.75. The van der Waals surface area contributed by atoms with E-state index in [1.54, 1.807) is 60.8 Å². The van der Waals surface area contributed by atoms with Crippen molar-refractivity contribution in [2.75, 3.05) is 22.6 Å². The third kappa shape index (κ3) is 6.70. The minimum atomic E-state index is -3.15. The molecule has 41 heavy (non-hydrogen) atoms. The number of carbonyl (C=O) groups is 1. The molecule has 208 valence electrons. The first-order chi connectivity index (χ1) is 19.6. The van der Waals surface area contributed by atoms with Gasteiger partial charge >= 0.3 is 0 Å². The van der Waals surface area contributed by atoms with Gasteiger partial charge in [0, 0.05) is 29.4 Å². The SMILES string of the molecule is CS(=O)(=O)Cc1ccc(Nc2nccc(-c3sc(N)nc3-c3cccc(NC(=O)c4c(F)cccc4F)c3)n2)cc1. The maximum atomic E-state index is 14.1. The number of hydrogen-bond donors (Lipinski definition) is 3. The molecule has 0 saturated carbocycles. The first kappa shape index (κ1) is 27.8. The van der Waals surface area contributed by atoms with Crippen LogP contribution in [0.2, 0.25) is 0 Å². The highest BCUT2D eigenvalue weighted by Crippen LogP contribution is 2.38. The molecular weight excluding hydrogens is 570 g/mol. The molecule has 0 spiro atoms. The van der Waals surface area contributed by atoms with Crippen LogP contribution in [0.1, 0.15) is 15.9 Å². The van der Waals surface area contributed by atoms with Crippen molar-refractivity contribution in [1.82, 2.24) is 15.0 Å². The lowest BCUT2D eigenvalue weighted by atomic mass is 10.1. The Bertz CT molecular complexity index is 1840. The summed E-state index contributed by atoms with van der Waals surface area (Å²) in [4.78, 5) is 26.5. The van der Waals surface area contributed by atoms with Gasteiger partial charge in [-0.2, -0.15) is 0 Å². The van der Waals surface area contributed by atoms with Gasteiger partial charge in [-0.1, -0.05) is 41.7 Å². The number of anilines is 4. The normalized spacial score (nSPS) is 11.3. The maximum Gasteiger partial charge on any atom is 0.261 e. The van der Waals surface area contributed by atoms with Gasteiger partial charge in [-0.05, 0) is 48.0 Å². The molecule has 0 aliphatic heterocycles. The zero-order chi connectivity index (χ0) is 29.1. The molecule has 0 radical (unpaired) electrons. The lowest BCUT2D eigenvalue weighted by molar-refractivity contribution is 0.101. The average molecular weight is 593 g/mol. The molecule has 9 nitrogen and oxygen atoms in total. The largest absolute Gasteiger partial charge is 0.375 e. The number of sulfone groups is 1. The molecule has 0 fully saturated rings. The van der Waals surface area contributed by atoms with E-state index in [4.69, 9.17) is 5.73 Å². The third-order valence-corrected chi connectivity index (χ3v) is 7.52. The number of rotatable bonds is 8. The van der Waals surface area contributed by atoms with E-state index in [0.717, 1.165) is 12.1 Å². The van der Waals surface area contributed by atoms with Crippen molar-refractivity contribution in [2.24, 2.45) is 0 Å². The molecule has 13 heteroatoms. The van der Waals surface area contributed by atoms with Crippen LogP contribution in [0.3, 0.4) is 0 Å². The van der Waals surface area contributed by atoms with Crippen molar-refractivity contribution in [3.05, 3.63) is 102 Å². The molecule has 5 aromatic rings. The average Bonchev–Trinajstić information content (AvgIpc) is 3.31. The second kappa shape index (κ2) is 11.4. The predicted octanol–water partition coefficient (Wildman–Crippen LogP) is 5.67. The van der Waals surface area contributed by atoms with Gasteiger partial charge in [0.25, 0.3) is 5.91 Å². The van der Waals surface area contributed by atoms with E-state index in [0.29, 0.717) is 44.7 Å². The highest BCUT2D eigenvalue weighted by molar-refractivity contribution is 7.89. The van der Waals surface area contributed by atoms with Gasteiger partial charge in [-0.15, -0.1) is 0 Å². The summed E-state index contributed by atoms with van der Waals surface area (Å²) in [7, 11) is -3.15. The molecule has 2 heterocycles. The first-order valence-corrected chi connectivity index (χ1v) is 14.9. The third-order valence-electron chi connectivity index (χ3n) is 5.75. The standard InChI is InChI=1S/C28H22F2N6O3S2/c1-41(38,39)15-16-8-10-18(11-9-16)34-28-32-13-12-22(35-28)25-24(36-27(31)40-25)17-4-2-5-19(14-17)33-26(37)23-20(29)6-3-7-21(23)30/h2-14H,15H2,1H3,(H2,31,36)(H,33,37)(H,32,34,35). The minimum Gasteiger partial charge on any atom is -0.375 e. The number of carbonyl (C=O) groups excluding carboxylic acids is 1. The quantitative estimate of drug-likeness (QED) is 0.209. The van der Waals surface area contributed by atoms with Crippen molar-refractivity contribution < 1.29 is 22.0 Å². The smallest absolute Gasteiger partial charge is 0.261 e. The van der Waals surface area contributed by atoms with Crippen molar-refractivity contribution in [2.45, 2.75) is 5.75 Å². The van der Waals surface area contributed by atoms with E-state index in [2.05, 4.69) is 25.6 Å². The van der Waals surface area contributed by atoms with E-state index in [9.17, 15) is 22.0 Å². The summed E-state index contributed by atoms with van der Waals surface area (Å²) in [6.45, 7) is 0. The molecule has 3 aromatic carbocycles. The molecule has 0 unspecified atom stereocenters. The Morgan fingerprint density at radius 3 is 2.37 bits per heavy atom. The molecule has 1 amide bonds. The summed E-state index contributed by atoms with van der Waals surface area (Å²) in [6, 6.07) is 18.4. The van der Waals surface area contributed by atoms with E-state index >= 15 is 0 Å². The molecule has 0 aliphatic rings. The zero-order valence-corrected chi connectivity index (χ0v) is 23.1. The minimum absolute atomic E-state index is 0.0558. The van der Waals surface area contributed by atoms with Crippen LogP contribution in [0.5, 0.6) is 0 Å². The number of nitrogen functional groups attached to an aromatic ring is 1. The fourth-order valence-electron chi connectivity index (χ4n) is 4.02. The van der Waals surface area contributed by atoms with Gasteiger partial charge in [0.1, 0.15) is 17.2 Å². The molecule has 0 saturated heterocycles. The van der Waals surface area contributed by atoms with E-state index in [-0.39, 0.29) is 10.9 Å². The van der Waals surface area contributed by atoms with Crippen LogP contribution < -0.4 is 16.4 Å². The monoisotopic (exact) mass is 592 g/mol. The Kier molecular flexibility index (Phi) is 7.72. The van der Waals surface area contributed by atoms with Gasteiger partial charge in [0.05, 0.1) is 22.0 Å². The summed E-state index contributed by atoms with van der Waals surface area (Å²) in [6.07, 6.45) is 2.75. The van der Waals surface area contributed by atoms with Crippen LogP contribution in [-0.4, -0.2) is 35.5 Å². The summed E-state index contributed by atoms with van der Waals surface area (Å²) in [5.41, 5.74) is 8.62. The fraction of sp³-hybridized carbons (Fsp3) is 0.0714.